The van der Waals surface area contributed by atoms with Crippen molar-refractivity contribution in [3.05, 3.63) is 35.6 Å². The van der Waals surface area contributed by atoms with E-state index in [0.717, 1.165) is 19.4 Å². The number of nitrogens with one attached hydrogen (secondary N) is 1. The van der Waals surface area contributed by atoms with Gasteiger partial charge in [0.25, 0.3) is 0 Å². The van der Waals surface area contributed by atoms with E-state index in [0.29, 0.717) is 12.1 Å². The minimum Gasteiger partial charge on any atom is -0.359 e. The highest BCUT2D eigenvalue weighted by Gasteiger charge is 2.32. The van der Waals surface area contributed by atoms with E-state index < -0.39 is 0 Å². The molecule has 0 aromatic heterocycles. The molecule has 1 aliphatic heterocycles. The molecule has 5 heteroatoms. The smallest absolute Gasteiger partial charge is 0.224 e. The van der Waals surface area contributed by atoms with E-state index in [2.05, 4.69) is 10.2 Å². The minimum absolute atomic E-state index is 0.0447. The Morgan fingerprint density at radius 3 is 2.81 bits per heavy atom. The average Bonchev–Trinajstić information content (AvgIpc) is 2.48. The molecule has 1 saturated heterocycles. The normalized spacial score (nSPS) is 22.6. The molecule has 4 nitrogen and oxygen atoms in total. The molecule has 0 aliphatic carbocycles. The molecule has 1 amide bonds. The molecule has 0 spiro atoms. The maximum Gasteiger partial charge on any atom is 0.224 e. The fourth-order valence-electron chi connectivity index (χ4n) is 3.20. The van der Waals surface area contributed by atoms with Crippen LogP contribution in [0.1, 0.15) is 31.4 Å². The summed E-state index contributed by atoms with van der Waals surface area (Å²) in [4.78, 5) is 14.0. The summed E-state index contributed by atoms with van der Waals surface area (Å²) in [6, 6.07) is 6.36. The van der Waals surface area contributed by atoms with E-state index >= 15 is 0 Å². The van der Waals surface area contributed by atoms with Gasteiger partial charge in [0.05, 0.1) is 12.0 Å². The number of amides is 1. The second-order valence-corrected chi connectivity index (χ2v) is 5.77. The summed E-state index contributed by atoms with van der Waals surface area (Å²) in [6.45, 7) is 3.36. The van der Waals surface area contributed by atoms with Crippen molar-refractivity contribution in [1.82, 2.24) is 10.2 Å². The summed E-state index contributed by atoms with van der Waals surface area (Å²) in [6.07, 6.45) is 1.80. The molecule has 3 atom stereocenters. The van der Waals surface area contributed by atoms with Crippen molar-refractivity contribution in [1.29, 1.82) is 0 Å². The maximum atomic E-state index is 14.1. The quantitative estimate of drug-likeness (QED) is 0.888. The Labute approximate surface area is 125 Å². The van der Waals surface area contributed by atoms with Crippen molar-refractivity contribution in [2.75, 3.05) is 20.1 Å². The number of rotatable bonds is 4. The van der Waals surface area contributed by atoms with Crippen LogP contribution >= 0.6 is 0 Å². The van der Waals surface area contributed by atoms with Gasteiger partial charge in [0.1, 0.15) is 5.82 Å². The number of nitrogens with zero attached hydrogens (tertiary/aromatic N) is 1. The van der Waals surface area contributed by atoms with Gasteiger partial charge in [-0.2, -0.15) is 0 Å². The third-order valence-electron chi connectivity index (χ3n) is 4.19. The SMILES string of the molecule is CNC(=O)C1CCCN(C(c2ccccc2F)C(C)N)C1. The number of halogens is 1. The van der Waals surface area contributed by atoms with Crippen molar-refractivity contribution in [2.24, 2.45) is 11.7 Å². The largest absolute Gasteiger partial charge is 0.359 e. The number of piperidine rings is 1. The molecule has 1 heterocycles. The lowest BCUT2D eigenvalue weighted by Gasteiger charge is -2.39. The van der Waals surface area contributed by atoms with E-state index in [1.165, 1.54) is 6.07 Å². The first-order chi connectivity index (χ1) is 10.0. The van der Waals surface area contributed by atoms with Crippen LogP contribution in [0.25, 0.3) is 0 Å². The second kappa shape index (κ2) is 7.00. The van der Waals surface area contributed by atoms with Crippen molar-refractivity contribution in [2.45, 2.75) is 31.8 Å². The van der Waals surface area contributed by atoms with Gasteiger partial charge in [-0.15, -0.1) is 0 Å². The standard InChI is InChI=1S/C16H24FN3O/c1-11(18)15(13-7-3-4-8-14(13)17)20-9-5-6-12(10-20)16(21)19-2/h3-4,7-8,11-12,15H,5-6,9-10,18H2,1-2H3,(H,19,21). The Hall–Kier alpha value is -1.46. The summed E-state index contributed by atoms with van der Waals surface area (Å²) in [5.74, 6) is -0.227. The lowest BCUT2D eigenvalue weighted by atomic mass is 9.91. The molecule has 3 unspecified atom stereocenters. The Morgan fingerprint density at radius 1 is 1.48 bits per heavy atom. The topological polar surface area (TPSA) is 58.4 Å². The fourth-order valence-corrected chi connectivity index (χ4v) is 3.20. The van der Waals surface area contributed by atoms with Gasteiger partial charge in [0.15, 0.2) is 0 Å². The molecule has 1 aromatic rings. The Bertz CT molecular complexity index is 492. The lowest BCUT2D eigenvalue weighted by Crippen LogP contribution is -2.48. The van der Waals surface area contributed by atoms with E-state index in [9.17, 15) is 9.18 Å². The fraction of sp³-hybridized carbons (Fsp3) is 0.562. The van der Waals surface area contributed by atoms with E-state index in [1.807, 2.05) is 13.0 Å². The second-order valence-electron chi connectivity index (χ2n) is 5.77. The lowest BCUT2D eigenvalue weighted by molar-refractivity contribution is -0.126. The Balaban J connectivity index is 2.23. The molecule has 0 saturated carbocycles. The molecule has 21 heavy (non-hydrogen) atoms. The molecule has 1 aliphatic rings. The number of hydrogen-bond donors (Lipinski definition) is 2. The molecule has 3 N–H and O–H groups in total. The first-order valence-corrected chi connectivity index (χ1v) is 7.50. The first-order valence-electron chi connectivity index (χ1n) is 7.50. The van der Waals surface area contributed by atoms with Gasteiger partial charge in [-0.25, -0.2) is 4.39 Å². The number of hydrogen-bond acceptors (Lipinski definition) is 3. The Kier molecular flexibility index (Phi) is 5.31. The Morgan fingerprint density at radius 2 is 2.19 bits per heavy atom. The van der Waals surface area contributed by atoms with Crippen LogP contribution in [0.15, 0.2) is 24.3 Å². The number of carbonyl (C=O) groups excluding carboxylic acids is 1. The highest BCUT2D eigenvalue weighted by Crippen LogP contribution is 2.30. The van der Waals surface area contributed by atoms with Crippen molar-refractivity contribution in [3.63, 3.8) is 0 Å². The zero-order chi connectivity index (χ0) is 15.4. The third kappa shape index (κ3) is 3.60. The van der Waals surface area contributed by atoms with Crippen molar-refractivity contribution >= 4 is 5.91 Å². The number of likely N-dealkylation sites (tertiary alicyclic amines) is 1. The molecule has 1 aromatic carbocycles. The predicted octanol–water partition coefficient (Wildman–Crippen LogP) is 1.67. The molecule has 116 valence electrons. The number of carbonyl (C=O) groups is 1. The first kappa shape index (κ1) is 15.9. The van der Waals surface area contributed by atoms with Gasteiger partial charge in [-0.3, -0.25) is 9.69 Å². The van der Waals surface area contributed by atoms with Crippen LogP contribution in [0.4, 0.5) is 4.39 Å². The zero-order valence-electron chi connectivity index (χ0n) is 12.7. The van der Waals surface area contributed by atoms with Crippen LogP contribution in [0.2, 0.25) is 0 Å². The summed E-state index contributed by atoms with van der Waals surface area (Å²) >= 11 is 0. The monoisotopic (exact) mass is 293 g/mol. The average molecular weight is 293 g/mol. The van der Waals surface area contributed by atoms with Gasteiger partial charge < -0.3 is 11.1 Å². The van der Waals surface area contributed by atoms with Gasteiger partial charge >= 0.3 is 0 Å². The highest BCUT2D eigenvalue weighted by atomic mass is 19.1. The summed E-state index contributed by atoms with van der Waals surface area (Å²) in [5.41, 5.74) is 6.73. The molecular weight excluding hydrogens is 269 g/mol. The van der Waals surface area contributed by atoms with Crippen molar-refractivity contribution < 1.29 is 9.18 Å². The summed E-state index contributed by atoms with van der Waals surface area (Å²) in [7, 11) is 1.65. The van der Waals surface area contributed by atoms with E-state index in [4.69, 9.17) is 5.73 Å². The van der Waals surface area contributed by atoms with Crippen LogP contribution in [0.5, 0.6) is 0 Å². The zero-order valence-corrected chi connectivity index (χ0v) is 12.7. The minimum atomic E-state index is -0.234. The van der Waals surface area contributed by atoms with Crippen LogP contribution < -0.4 is 11.1 Å². The van der Waals surface area contributed by atoms with E-state index in [-0.39, 0.29) is 29.7 Å². The number of benzene rings is 1. The maximum absolute atomic E-state index is 14.1. The van der Waals surface area contributed by atoms with Gasteiger partial charge in [-0.05, 0) is 32.4 Å². The highest BCUT2D eigenvalue weighted by molar-refractivity contribution is 5.78. The molecule has 1 fully saturated rings. The summed E-state index contributed by atoms with van der Waals surface area (Å²) < 4.78 is 14.1. The molecule has 2 rings (SSSR count). The van der Waals surface area contributed by atoms with E-state index in [1.54, 1.807) is 19.2 Å². The van der Waals surface area contributed by atoms with Crippen LogP contribution in [0.3, 0.4) is 0 Å². The summed E-state index contributed by atoms with van der Waals surface area (Å²) in [5, 5.41) is 2.70. The van der Waals surface area contributed by atoms with Crippen LogP contribution in [-0.4, -0.2) is 37.0 Å². The van der Waals surface area contributed by atoms with Gasteiger partial charge in [0, 0.05) is 25.2 Å². The van der Waals surface area contributed by atoms with Crippen LogP contribution in [-0.2, 0) is 4.79 Å². The third-order valence-corrected chi connectivity index (χ3v) is 4.19. The molecule has 0 bridgehead atoms. The predicted molar refractivity (Wildman–Crippen MR) is 81.2 cm³/mol. The molecule has 0 radical (unpaired) electrons. The van der Waals surface area contributed by atoms with Crippen molar-refractivity contribution in [3.8, 4) is 0 Å². The van der Waals surface area contributed by atoms with Gasteiger partial charge in [0.2, 0.25) is 5.91 Å². The van der Waals surface area contributed by atoms with Crippen LogP contribution in [0, 0.1) is 11.7 Å². The number of nitrogens with two attached hydrogens (primary N) is 1. The van der Waals surface area contributed by atoms with Gasteiger partial charge in [-0.1, -0.05) is 18.2 Å². The molecular formula is C16H24FN3O.